The molecule has 0 fully saturated rings. The Morgan fingerprint density at radius 1 is 0.375 bits per heavy atom. The summed E-state index contributed by atoms with van der Waals surface area (Å²) >= 11 is 0. The van der Waals surface area contributed by atoms with E-state index in [2.05, 4.69) is 13.8 Å². The third-order valence-electron chi connectivity index (χ3n) is 2.96. The molecule has 2 heteroatoms. The van der Waals surface area contributed by atoms with Crippen molar-refractivity contribution >= 4 is 24.8 Å². The summed E-state index contributed by atoms with van der Waals surface area (Å²) in [5.74, 6) is 0. The van der Waals surface area contributed by atoms with Crippen LogP contribution in [-0.2, 0) is 0 Å². The van der Waals surface area contributed by atoms with Crippen molar-refractivity contribution in [2.75, 3.05) is 0 Å². The van der Waals surface area contributed by atoms with Crippen molar-refractivity contribution in [3.63, 3.8) is 0 Å². The lowest BCUT2D eigenvalue weighted by atomic mass is 10.1. The molecule has 102 valence electrons. The van der Waals surface area contributed by atoms with Crippen molar-refractivity contribution < 1.29 is 0 Å². The molecule has 0 bridgehead atoms. The van der Waals surface area contributed by atoms with Gasteiger partial charge in [0.15, 0.2) is 0 Å². The highest BCUT2D eigenvalue weighted by Gasteiger charge is 1.91. The molecule has 0 unspecified atom stereocenters. The molecule has 0 aliphatic heterocycles. The Morgan fingerprint density at radius 3 is 0.750 bits per heavy atom. The maximum Gasteiger partial charge on any atom is -0.0533 e. The normalized spacial score (nSPS) is 9.38. The average molecular weight is 271 g/mol. The number of hydrogen-bond acceptors (Lipinski definition) is 0. The molecule has 0 aromatic heterocycles. The molecular weight excluding hydrogens is 239 g/mol. The van der Waals surface area contributed by atoms with Gasteiger partial charge in [-0.1, -0.05) is 90.9 Å². The van der Waals surface area contributed by atoms with E-state index in [-0.39, 0.29) is 24.8 Å². The molecule has 0 nitrogen and oxygen atoms in total. The van der Waals surface area contributed by atoms with Crippen molar-refractivity contribution in [3.8, 4) is 0 Å². The first kappa shape index (κ1) is 21.8. The van der Waals surface area contributed by atoms with E-state index in [1.807, 2.05) is 0 Å². The van der Waals surface area contributed by atoms with E-state index in [1.54, 1.807) is 0 Å². The lowest BCUT2D eigenvalue weighted by Gasteiger charge is -2.01. The first-order chi connectivity index (χ1) is 6.91. The minimum atomic E-state index is 0. The monoisotopic (exact) mass is 270 g/mol. The van der Waals surface area contributed by atoms with Crippen LogP contribution in [0.3, 0.4) is 0 Å². The van der Waals surface area contributed by atoms with Gasteiger partial charge in [0.2, 0.25) is 0 Å². The second-order valence-electron chi connectivity index (χ2n) is 4.54. The summed E-state index contributed by atoms with van der Waals surface area (Å²) in [7, 11) is 0. The fraction of sp³-hybridized carbons (Fsp3) is 1.00. The van der Waals surface area contributed by atoms with E-state index in [0.29, 0.717) is 0 Å². The van der Waals surface area contributed by atoms with E-state index >= 15 is 0 Å². The average Bonchev–Trinajstić information content (AvgIpc) is 2.21. The predicted octanol–water partition coefficient (Wildman–Crippen LogP) is 6.55. The zero-order valence-electron chi connectivity index (χ0n) is 11.3. The summed E-state index contributed by atoms with van der Waals surface area (Å²) in [6.45, 7) is 4.57. The molecule has 0 saturated heterocycles. The van der Waals surface area contributed by atoms with E-state index in [9.17, 15) is 0 Å². The Kier molecular flexibility index (Phi) is 28.5. The summed E-state index contributed by atoms with van der Waals surface area (Å²) in [5, 5.41) is 0. The highest BCUT2D eigenvalue weighted by Crippen LogP contribution is 2.11. The molecule has 0 spiro atoms. The van der Waals surface area contributed by atoms with Gasteiger partial charge < -0.3 is 0 Å². The first-order valence-corrected chi connectivity index (χ1v) is 6.91. The van der Waals surface area contributed by atoms with Gasteiger partial charge in [0.05, 0.1) is 0 Å². The number of unbranched alkanes of at least 4 members (excludes halogenated alkanes) is 11. The fourth-order valence-electron chi connectivity index (χ4n) is 1.91. The second-order valence-corrected chi connectivity index (χ2v) is 4.54. The van der Waals surface area contributed by atoms with E-state index in [1.165, 1.54) is 77.0 Å². The molecule has 0 heterocycles. The van der Waals surface area contributed by atoms with Gasteiger partial charge in [0, 0.05) is 0 Å². The van der Waals surface area contributed by atoms with Crippen molar-refractivity contribution in [1.29, 1.82) is 0 Å². The first-order valence-electron chi connectivity index (χ1n) is 6.91. The van der Waals surface area contributed by atoms with Gasteiger partial charge in [-0.05, 0) is 0 Å². The summed E-state index contributed by atoms with van der Waals surface area (Å²) in [4.78, 5) is 0. The van der Waals surface area contributed by atoms with Crippen molar-refractivity contribution in [2.24, 2.45) is 0 Å². The Bertz CT molecular complexity index is 82.7. The molecule has 0 rings (SSSR count). The van der Waals surface area contributed by atoms with Crippen molar-refractivity contribution in [2.45, 2.75) is 90.9 Å². The zero-order valence-corrected chi connectivity index (χ0v) is 12.9. The minimum Gasteiger partial charge on any atom is -0.147 e. The topological polar surface area (TPSA) is 0 Å². The van der Waals surface area contributed by atoms with Crippen molar-refractivity contribution in [1.82, 2.24) is 0 Å². The fourth-order valence-corrected chi connectivity index (χ4v) is 1.91. The van der Waals surface area contributed by atoms with Gasteiger partial charge in [-0.25, -0.2) is 0 Å². The van der Waals surface area contributed by atoms with Gasteiger partial charge in [-0.15, -0.1) is 24.8 Å². The molecular formula is C14H32Cl2. The molecule has 0 atom stereocenters. The van der Waals surface area contributed by atoms with E-state index in [0.717, 1.165) is 0 Å². The Balaban J connectivity index is -0.000000845. The Hall–Kier alpha value is 0.580. The summed E-state index contributed by atoms with van der Waals surface area (Å²) in [6.07, 6.45) is 17.4. The summed E-state index contributed by atoms with van der Waals surface area (Å²) < 4.78 is 0. The lowest BCUT2D eigenvalue weighted by molar-refractivity contribution is 0.548. The van der Waals surface area contributed by atoms with Crippen LogP contribution in [-0.4, -0.2) is 0 Å². The van der Waals surface area contributed by atoms with Gasteiger partial charge in [-0.3, -0.25) is 0 Å². The molecule has 0 radical (unpaired) electrons. The predicted molar refractivity (Wildman–Crippen MR) is 81.2 cm³/mol. The largest absolute Gasteiger partial charge is 0.147 e. The van der Waals surface area contributed by atoms with Crippen LogP contribution in [0.5, 0.6) is 0 Å². The Morgan fingerprint density at radius 2 is 0.562 bits per heavy atom. The molecule has 0 N–H and O–H groups in total. The summed E-state index contributed by atoms with van der Waals surface area (Å²) in [5.41, 5.74) is 0. The van der Waals surface area contributed by atoms with E-state index in [4.69, 9.17) is 0 Å². The minimum absolute atomic E-state index is 0. The number of hydrogen-bond donors (Lipinski definition) is 0. The molecule has 0 aromatic carbocycles. The highest BCUT2D eigenvalue weighted by molar-refractivity contribution is 5.85. The zero-order chi connectivity index (χ0) is 10.5. The molecule has 16 heavy (non-hydrogen) atoms. The maximum absolute atomic E-state index is 2.29. The standard InChI is InChI=1S/C14H30.2ClH/c1-3-5-7-9-11-13-14-12-10-8-6-4-2;;/h3-14H2,1-2H3;2*1H. The van der Waals surface area contributed by atoms with Crippen LogP contribution in [0.4, 0.5) is 0 Å². The van der Waals surface area contributed by atoms with Crippen LogP contribution < -0.4 is 0 Å². The van der Waals surface area contributed by atoms with Gasteiger partial charge >= 0.3 is 0 Å². The third-order valence-corrected chi connectivity index (χ3v) is 2.96. The quantitative estimate of drug-likeness (QED) is 0.374. The van der Waals surface area contributed by atoms with Gasteiger partial charge in [0.25, 0.3) is 0 Å². The number of halogens is 2. The molecule has 0 saturated carbocycles. The van der Waals surface area contributed by atoms with Crippen LogP contribution in [0.1, 0.15) is 90.9 Å². The van der Waals surface area contributed by atoms with Gasteiger partial charge in [-0.2, -0.15) is 0 Å². The Labute approximate surface area is 116 Å². The van der Waals surface area contributed by atoms with Crippen LogP contribution in [0, 0.1) is 0 Å². The van der Waals surface area contributed by atoms with Crippen molar-refractivity contribution in [3.05, 3.63) is 0 Å². The molecule has 0 aliphatic carbocycles. The van der Waals surface area contributed by atoms with Crippen LogP contribution in [0.25, 0.3) is 0 Å². The highest BCUT2D eigenvalue weighted by atomic mass is 35.5. The van der Waals surface area contributed by atoms with Crippen LogP contribution >= 0.6 is 24.8 Å². The van der Waals surface area contributed by atoms with E-state index < -0.39 is 0 Å². The number of rotatable bonds is 11. The van der Waals surface area contributed by atoms with Crippen LogP contribution in [0.15, 0.2) is 0 Å². The smallest absolute Gasteiger partial charge is 0.0533 e. The molecule has 0 aliphatic rings. The summed E-state index contributed by atoms with van der Waals surface area (Å²) in [6, 6.07) is 0. The molecule has 0 aromatic rings. The lowest BCUT2D eigenvalue weighted by Crippen LogP contribution is -1.81. The molecule has 0 amide bonds. The van der Waals surface area contributed by atoms with Crippen LogP contribution in [0.2, 0.25) is 0 Å². The SMILES string of the molecule is CCCCCCCCCCCCCC.Cl.Cl. The van der Waals surface area contributed by atoms with Gasteiger partial charge in [0.1, 0.15) is 0 Å². The third kappa shape index (κ3) is 20.1. The second kappa shape index (κ2) is 20.9. The maximum atomic E-state index is 2.29.